The Balaban J connectivity index is 2.03. The zero-order valence-electron chi connectivity index (χ0n) is 11.8. The number of nitrogens with one attached hydrogen (secondary N) is 1. The molecule has 0 amide bonds. The zero-order chi connectivity index (χ0) is 13.9. The first kappa shape index (κ1) is 14.4. The fraction of sp³-hybridized carbons (Fsp3) is 0.625. The third kappa shape index (κ3) is 3.14. The van der Waals surface area contributed by atoms with Gasteiger partial charge < -0.3 is 5.32 Å². The highest BCUT2D eigenvalue weighted by Crippen LogP contribution is 2.40. The van der Waals surface area contributed by atoms with Crippen molar-refractivity contribution in [3.8, 4) is 0 Å². The van der Waals surface area contributed by atoms with E-state index in [-0.39, 0.29) is 11.6 Å². The highest BCUT2D eigenvalue weighted by atomic mass is 19.1. The van der Waals surface area contributed by atoms with Gasteiger partial charge in [-0.05, 0) is 43.7 Å². The largest absolute Gasteiger partial charge is 0.309 e. The molecule has 0 aromatic heterocycles. The lowest BCUT2D eigenvalue weighted by molar-refractivity contribution is 0.256. The Morgan fingerprint density at radius 1 is 1.21 bits per heavy atom. The first-order valence-corrected chi connectivity index (χ1v) is 7.25. The summed E-state index contributed by atoms with van der Waals surface area (Å²) in [5.74, 6) is -0.922. The molecular formula is C16H23F2N. The first-order chi connectivity index (χ1) is 9.08. The number of halogens is 2. The summed E-state index contributed by atoms with van der Waals surface area (Å²) in [6.07, 6.45) is 6.13. The standard InChI is InChI=1S/C16H23F2N/c1-3-16(9-4-5-10-16)11-19-12(2)15-13(17)7-6-8-14(15)18/h6-8,12,19H,3-5,9-11H2,1-2H3. The molecule has 2 rings (SSSR count). The average Bonchev–Trinajstić information content (AvgIpc) is 2.86. The first-order valence-electron chi connectivity index (χ1n) is 7.25. The Bertz CT molecular complexity index is 405. The monoisotopic (exact) mass is 267 g/mol. The van der Waals surface area contributed by atoms with Crippen molar-refractivity contribution in [3.05, 3.63) is 35.4 Å². The molecular weight excluding hydrogens is 244 g/mol. The predicted molar refractivity (Wildman–Crippen MR) is 74.0 cm³/mol. The zero-order valence-corrected chi connectivity index (χ0v) is 11.8. The highest BCUT2D eigenvalue weighted by molar-refractivity contribution is 5.22. The van der Waals surface area contributed by atoms with Crippen LogP contribution in [-0.4, -0.2) is 6.54 Å². The van der Waals surface area contributed by atoms with E-state index in [0.29, 0.717) is 5.41 Å². The molecule has 0 bridgehead atoms. The summed E-state index contributed by atoms with van der Waals surface area (Å²) in [4.78, 5) is 0. The molecule has 0 heterocycles. The Morgan fingerprint density at radius 3 is 2.32 bits per heavy atom. The molecule has 1 N–H and O–H groups in total. The van der Waals surface area contributed by atoms with E-state index in [0.717, 1.165) is 13.0 Å². The minimum Gasteiger partial charge on any atom is -0.309 e. The summed E-state index contributed by atoms with van der Waals surface area (Å²) in [6, 6.07) is 3.76. The third-order valence-electron chi connectivity index (χ3n) is 4.63. The summed E-state index contributed by atoms with van der Waals surface area (Å²) < 4.78 is 27.4. The van der Waals surface area contributed by atoms with E-state index in [9.17, 15) is 8.78 Å². The van der Waals surface area contributed by atoms with Crippen LogP contribution in [0, 0.1) is 17.0 Å². The van der Waals surface area contributed by atoms with Gasteiger partial charge >= 0.3 is 0 Å². The van der Waals surface area contributed by atoms with Gasteiger partial charge in [-0.15, -0.1) is 0 Å². The molecule has 19 heavy (non-hydrogen) atoms. The van der Waals surface area contributed by atoms with Crippen LogP contribution in [0.15, 0.2) is 18.2 Å². The Labute approximate surface area is 114 Å². The van der Waals surface area contributed by atoms with Crippen molar-refractivity contribution in [2.45, 2.75) is 52.0 Å². The average molecular weight is 267 g/mol. The van der Waals surface area contributed by atoms with Crippen LogP contribution in [-0.2, 0) is 0 Å². The topological polar surface area (TPSA) is 12.0 Å². The van der Waals surface area contributed by atoms with Gasteiger partial charge in [-0.3, -0.25) is 0 Å². The molecule has 1 aliphatic rings. The lowest BCUT2D eigenvalue weighted by atomic mass is 9.83. The van der Waals surface area contributed by atoms with Gasteiger partial charge in [0, 0.05) is 18.2 Å². The van der Waals surface area contributed by atoms with Crippen molar-refractivity contribution in [1.29, 1.82) is 0 Å². The normalized spacial score (nSPS) is 19.6. The number of benzene rings is 1. The molecule has 1 aromatic carbocycles. The molecule has 106 valence electrons. The van der Waals surface area contributed by atoms with Crippen LogP contribution in [0.3, 0.4) is 0 Å². The van der Waals surface area contributed by atoms with Gasteiger partial charge in [-0.1, -0.05) is 25.8 Å². The van der Waals surface area contributed by atoms with Gasteiger partial charge in [0.1, 0.15) is 11.6 Å². The molecule has 1 unspecified atom stereocenters. The second-order valence-electron chi connectivity index (χ2n) is 5.80. The van der Waals surface area contributed by atoms with Gasteiger partial charge in [0.2, 0.25) is 0 Å². The maximum atomic E-state index is 13.7. The molecule has 0 saturated heterocycles. The third-order valence-corrected chi connectivity index (χ3v) is 4.63. The van der Waals surface area contributed by atoms with Crippen LogP contribution >= 0.6 is 0 Å². The van der Waals surface area contributed by atoms with Crippen LogP contribution in [0.25, 0.3) is 0 Å². The maximum Gasteiger partial charge on any atom is 0.130 e. The fourth-order valence-corrected chi connectivity index (χ4v) is 3.18. The lowest BCUT2D eigenvalue weighted by Gasteiger charge is -2.30. The van der Waals surface area contributed by atoms with Crippen molar-refractivity contribution < 1.29 is 8.78 Å². The molecule has 1 saturated carbocycles. The summed E-state index contributed by atoms with van der Waals surface area (Å²) in [7, 11) is 0. The quantitative estimate of drug-likeness (QED) is 0.823. The summed E-state index contributed by atoms with van der Waals surface area (Å²) in [5.41, 5.74) is 0.488. The van der Waals surface area contributed by atoms with Crippen LogP contribution in [0.5, 0.6) is 0 Å². The van der Waals surface area contributed by atoms with E-state index < -0.39 is 11.6 Å². The lowest BCUT2D eigenvalue weighted by Crippen LogP contribution is -2.33. The Kier molecular flexibility index (Phi) is 4.56. The van der Waals surface area contributed by atoms with E-state index in [1.807, 2.05) is 6.92 Å². The van der Waals surface area contributed by atoms with Crippen LogP contribution in [0.4, 0.5) is 8.78 Å². The number of hydrogen-bond donors (Lipinski definition) is 1. The van der Waals surface area contributed by atoms with Crippen molar-refractivity contribution in [1.82, 2.24) is 5.32 Å². The SMILES string of the molecule is CCC1(CNC(C)c2c(F)cccc2F)CCCC1. The summed E-state index contributed by atoms with van der Waals surface area (Å²) in [5, 5.41) is 3.33. The van der Waals surface area contributed by atoms with E-state index in [2.05, 4.69) is 12.2 Å². The van der Waals surface area contributed by atoms with Gasteiger partial charge in [-0.2, -0.15) is 0 Å². The van der Waals surface area contributed by atoms with Gasteiger partial charge in [0.25, 0.3) is 0 Å². The number of rotatable bonds is 5. The summed E-state index contributed by atoms with van der Waals surface area (Å²) in [6.45, 7) is 4.89. The van der Waals surface area contributed by atoms with E-state index >= 15 is 0 Å². The van der Waals surface area contributed by atoms with Gasteiger partial charge in [-0.25, -0.2) is 8.78 Å². The Morgan fingerprint density at radius 2 is 1.79 bits per heavy atom. The molecule has 0 spiro atoms. The molecule has 1 atom stereocenters. The van der Waals surface area contributed by atoms with Crippen molar-refractivity contribution in [3.63, 3.8) is 0 Å². The fourth-order valence-electron chi connectivity index (χ4n) is 3.18. The summed E-state index contributed by atoms with van der Waals surface area (Å²) >= 11 is 0. The molecule has 0 aliphatic heterocycles. The minimum absolute atomic E-state index is 0.159. The minimum atomic E-state index is -0.461. The number of hydrogen-bond acceptors (Lipinski definition) is 1. The molecule has 1 aliphatic carbocycles. The van der Waals surface area contributed by atoms with Crippen LogP contribution < -0.4 is 5.32 Å². The molecule has 1 aromatic rings. The molecule has 3 heteroatoms. The van der Waals surface area contributed by atoms with Crippen LogP contribution in [0.2, 0.25) is 0 Å². The molecule has 0 radical (unpaired) electrons. The molecule has 1 fully saturated rings. The van der Waals surface area contributed by atoms with Crippen molar-refractivity contribution in [2.24, 2.45) is 5.41 Å². The van der Waals surface area contributed by atoms with E-state index in [1.54, 1.807) is 0 Å². The second-order valence-corrected chi connectivity index (χ2v) is 5.80. The van der Waals surface area contributed by atoms with Crippen molar-refractivity contribution >= 4 is 0 Å². The smallest absolute Gasteiger partial charge is 0.130 e. The van der Waals surface area contributed by atoms with E-state index in [4.69, 9.17) is 0 Å². The highest BCUT2D eigenvalue weighted by Gasteiger charge is 2.32. The predicted octanol–water partition coefficient (Wildman–Crippen LogP) is 4.59. The second kappa shape index (κ2) is 6.00. The maximum absolute atomic E-state index is 13.7. The Hall–Kier alpha value is -0.960. The molecule has 1 nitrogen and oxygen atoms in total. The van der Waals surface area contributed by atoms with Crippen LogP contribution in [0.1, 0.15) is 57.6 Å². The van der Waals surface area contributed by atoms with Crippen molar-refractivity contribution in [2.75, 3.05) is 6.54 Å². The van der Waals surface area contributed by atoms with Gasteiger partial charge in [0.15, 0.2) is 0 Å². The van der Waals surface area contributed by atoms with E-state index in [1.165, 1.54) is 43.9 Å². The van der Waals surface area contributed by atoms with Gasteiger partial charge in [0.05, 0.1) is 0 Å².